The Hall–Kier alpha value is -0.560. The first-order valence-electron chi connectivity index (χ1n) is 9.68. The lowest BCUT2D eigenvalue weighted by atomic mass is 9.84. The van der Waals surface area contributed by atoms with Crippen molar-refractivity contribution in [3.8, 4) is 0 Å². The highest BCUT2D eigenvalue weighted by atomic mass is 35.5. The third-order valence-corrected chi connectivity index (χ3v) is 6.16. The zero-order chi connectivity index (χ0) is 16.9. The van der Waals surface area contributed by atoms with E-state index in [9.17, 15) is 9.59 Å². The lowest BCUT2D eigenvalue weighted by Gasteiger charge is -2.38. The Kier molecular flexibility index (Phi) is 10.2. The minimum Gasteiger partial charge on any atom is -0.355 e. The summed E-state index contributed by atoms with van der Waals surface area (Å²) in [6.45, 7) is 5.70. The van der Waals surface area contributed by atoms with Gasteiger partial charge in [0.05, 0.1) is 0 Å². The highest BCUT2D eigenvalue weighted by Crippen LogP contribution is 2.31. The zero-order valence-corrected chi connectivity index (χ0v) is 17.2. The Morgan fingerprint density at radius 3 is 2.19 bits per heavy atom. The number of nitrogens with zero attached hydrogens (tertiary/aromatic N) is 2. The lowest BCUT2D eigenvalue weighted by molar-refractivity contribution is -0.139. The molecule has 6 nitrogen and oxygen atoms in total. The fraction of sp³-hybridized carbons (Fsp3) is 0.889. The molecule has 3 rings (SSSR count). The third kappa shape index (κ3) is 5.72. The van der Waals surface area contributed by atoms with Crippen LogP contribution in [0.2, 0.25) is 0 Å². The monoisotopic (exact) mass is 408 g/mol. The van der Waals surface area contributed by atoms with Gasteiger partial charge >= 0.3 is 0 Å². The van der Waals surface area contributed by atoms with E-state index in [0.29, 0.717) is 30.8 Å². The molecule has 0 radical (unpaired) electrons. The Balaban J connectivity index is 0.00000169. The van der Waals surface area contributed by atoms with Crippen LogP contribution < -0.4 is 11.1 Å². The maximum absolute atomic E-state index is 12.3. The van der Waals surface area contributed by atoms with Gasteiger partial charge in [0.1, 0.15) is 0 Å². The van der Waals surface area contributed by atoms with Gasteiger partial charge in [-0.05, 0) is 38.1 Å². The Morgan fingerprint density at radius 1 is 0.962 bits per heavy atom. The van der Waals surface area contributed by atoms with Gasteiger partial charge in [-0.3, -0.25) is 14.5 Å². The third-order valence-electron chi connectivity index (χ3n) is 6.16. The average molecular weight is 409 g/mol. The minimum atomic E-state index is 0. The van der Waals surface area contributed by atoms with E-state index in [1.807, 2.05) is 4.90 Å². The van der Waals surface area contributed by atoms with Crippen LogP contribution >= 0.6 is 24.8 Å². The fourth-order valence-electron chi connectivity index (χ4n) is 4.24. The number of rotatable bonds is 6. The fourth-order valence-corrected chi connectivity index (χ4v) is 4.24. The normalized spacial score (nSPS) is 26.4. The molecule has 2 amide bonds. The van der Waals surface area contributed by atoms with Crippen molar-refractivity contribution in [2.45, 2.75) is 38.5 Å². The summed E-state index contributed by atoms with van der Waals surface area (Å²) in [5.74, 6) is 1.33. The topological polar surface area (TPSA) is 78.7 Å². The molecule has 0 aromatic rings. The molecular formula is C18H34Cl2N4O2. The second-order valence-electron chi connectivity index (χ2n) is 7.62. The number of nitrogens with two attached hydrogens (primary N) is 1. The number of nitrogens with one attached hydrogen (secondary N) is 1. The van der Waals surface area contributed by atoms with Crippen LogP contribution in [0.15, 0.2) is 0 Å². The van der Waals surface area contributed by atoms with Crippen LogP contribution in [0.1, 0.15) is 38.5 Å². The SMILES string of the molecule is Cl.Cl.NC[C@H]1CCC[C@H]1C(=O)NCCN1CCN(C(=O)C2CCC2)CC1. The summed E-state index contributed by atoms with van der Waals surface area (Å²) in [6.07, 6.45) is 6.56. The van der Waals surface area contributed by atoms with Crippen molar-refractivity contribution < 1.29 is 9.59 Å². The molecule has 3 aliphatic rings. The molecule has 2 aliphatic carbocycles. The van der Waals surface area contributed by atoms with Crippen LogP contribution in [0.25, 0.3) is 0 Å². The number of carbonyl (C=O) groups excluding carboxylic acids is 2. The molecule has 0 bridgehead atoms. The van der Waals surface area contributed by atoms with E-state index < -0.39 is 0 Å². The van der Waals surface area contributed by atoms with E-state index >= 15 is 0 Å². The summed E-state index contributed by atoms with van der Waals surface area (Å²) in [4.78, 5) is 28.9. The van der Waals surface area contributed by atoms with Crippen molar-refractivity contribution >= 4 is 36.6 Å². The van der Waals surface area contributed by atoms with Crippen molar-refractivity contribution in [3.63, 3.8) is 0 Å². The van der Waals surface area contributed by atoms with Crippen molar-refractivity contribution in [3.05, 3.63) is 0 Å². The molecule has 26 heavy (non-hydrogen) atoms. The molecule has 3 fully saturated rings. The maximum Gasteiger partial charge on any atom is 0.225 e. The Bertz CT molecular complexity index is 454. The van der Waals surface area contributed by atoms with Gasteiger partial charge < -0.3 is 16.0 Å². The maximum atomic E-state index is 12.3. The quantitative estimate of drug-likeness (QED) is 0.693. The van der Waals surface area contributed by atoms with Crippen LogP contribution in [0, 0.1) is 17.8 Å². The summed E-state index contributed by atoms with van der Waals surface area (Å²) < 4.78 is 0. The van der Waals surface area contributed by atoms with Crippen LogP contribution in [-0.4, -0.2) is 67.4 Å². The Labute approximate surface area is 169 Å². The lowest BCUT2D eigenvalue weighted by Crippen LogP contribution is -2.52. The molecule has 3 N–H and O–H groups in total. The first-order valence-corrected chi connectivity index (χ1v) is 9.68. The van der Waals surface area contributed by atoms with Gasteiger partial charge in [-0.2, -0.15) is 0 Å². The van der Waals surface area contributed by atoms with E-state index in [-0.39, 0.29) is 36.6 Å². The molecule has 8 heteroatoms. The summed E-state index contributed by atoms with van der Waals surface area (Å²) in [6, 6.07) is 0. The van der Waals surface area contributed by atoms with Crippen LogP contribution in [-0.2, 0) is 9.59 Å². The molecule has 0 aromatic carbocycles. The van der Waals surface area contributed by atoms with Gasteiger partial charge in [-0.1, -0.05) is 12.8 Å². The summed E-state index contributed by atoms with van der Waals surface area (Å²) in [5, 5.41) is 3.09. The van der Waals surface area contributed by atoms with Gasteiger partial charge in [0, 0.05) is 51.1 Å². The van der Waals surface area contributed by atoms with Gasteiger partial charge in [0.25, 0.3) is 0 Å². The molecule has 0 unspecified atom stereocenters. The zero-order valence-electron chi connectivity index (χ0n) is 15.5. The standard InChI is InChI=1S/C18H32N4O2.2ClH/c19-13-15-5-2-6-16(15)17(23)20-7-8-21-9-11-22(12-10-21)18(24)14-3-1-4-14;;/h14-16H,1-13,19H2,(H,20,23);2*1H/t15-,16-;;/m1../s1. The van der Waals surface area contributed by atoms with Crippen molar-refractivity contribution in [1.29, 1.82) is 0 Å². The summed E-state index contributed by atoms with van der Waals surface area (Å²) >= 11 is 0. The highest BCUT2D eigenvalue weighted by Gasteiger charge is 2.32. The molecular weight excluding hydrogens is 375 g/mol. The average Bonchev–Trinajstić information content (AvgIpc) is 3.02. The number of hydrogen-bond acceptors (Lipinski definition) is 4. The number of hydrogen-bond donors (Lipinski definition) is 2. The predicted octanol–water partition coefficient (Wildman–Crippen LogP) is 1.27. The van der Waals surface area contributed by atoms with Gasteiger partial charge in [0.2, 0.25) is 11.8 Å². The first-order chi connectivity index (χ1) is 11.7. The first kappa shape index (κ1) is 23.5. The molecule has 0 spiro atoms. The number of halogens is 2. The molecule has 0 aromatic heterocycles. The Morgan fingerprint density at radius 2 is 1.62 bits per heavy atom. The van der Waals surface area contributed by atoms with E-state index in [4.69, 9.17) is 5.73 Å². The largest absolute Gasteiger partial charge is 0.355 e. The molecule has 1 saturated heterocycles. The summed E-state index contributed by atoms with van der Waals surface area (Å²) in [7, 11) is 0. The molecule has 2 saturated carbocycles. The second-order valence-corrected chi connectivity index (χ2v) is 7.62. The number of amides is 2. The van der Waals surface area contributed by atoms with E-state index in [1.165, 1.54) is 6.42 Å². The smallest absolute Gasteiger partial charge is 0.225 e. The van der Waals surface area contributed by atoms with Gasteiger partial charge in [-0.15, -0.1) is 24.8 Å². The van der Waals surface area contributed by atoms with E-state index in [1.54, 1.807) is 0 Å². The summed E-state index contributed by atoms with van der Waals surface area (Å²) in [5.41, 5.74) is 5.76. The number of carbonyl (C=O) groups is 2. The van der Waals surface area contributed by atoms with Crippen molar-refractivity contribution in [2.24, 2.45) is 23.5 Å². The minimum absolute atomic E-state index is 0. The van der Waals surface area contributed by atoms with Crippen molar-refractivity contribution in [2.75, 3.05) is 45.8 Å². The molecule has 1 heterocycles. The van der Waals surface area contributed by atoms with E-state index in [0.717, 1.165) is 64.8 Å². The molecule has 1 aliphatic heterocycles. The van der Waals surface area contributed by atoms with Gasteiger partial charge in [0.15, 0.2) is 0 Å². The number of piperazine rings is 1. The molecule has 2 atom stereocenters. The second kappa shape index (κ2) is 11.3. The highest BCUT2D eigenvalue weighted by molar-refractivity contribution is 5.85. The van der Waals surface area contributed by atoms with Crippen molar-refractivity contribution in [1.82, 2.24) is 15.1 Å². The van der Waals surface area contributed by atoms with E-state index in [2.05, 4.69) is 10.2 Å². The predicted molar refractivity (Wildman–Crippen MR) is 108 cm³/mol. The van der Waals surface area contributed by atoms with Crippen LogP contribution in [0.3, 0.4) is 0 Å². The van der Waals surface area contributed by atoms with Gasteiger partial charge in [-0.25, -0.2) is 0 Å². The van der Waals surface area contributed by atoms with Crippen LogP contribution in [0.5, 0.6) is 0 Å². The molecule has 152 valence electrons. The van der Waals surface area contributed by atoms with Crippen LogP contribution in [0.4, 0.5) is 0 Å².